The maximum atomic E-state index is 5.29. The number of nitrogens with two attached hydrogens (primary N) is 1. The average Bonchev–Trinajstić information content (AvgIpc) is 1.85. The van der Waals surface area contributed by atoms with E-state index in [1.807, 2.05) is 0 Å². The predicted molar refractivity (Wildman–Crippen MR) is 53.6 cm³/mol. The monoisotopic (exact) mass is 174 g/mol. The number of hydrogen-bond acceptors (Lipinski definition) is 3. The molecule has 0 heterocycles. The third kappa shape index (κ3) is 4.43. The third-order valence-corrected chi connectivity index (χ3v) is 1.84. The van der Waals surface area contributed by atoms with E-state index in [9.17, 15) is 0 Å². The van der Waals surface area contributed by atoms with Gasteiger partial charge < -0.3 is 0 Å². The third-order valence-electron chi connectivity index (χ3n) is 1.52. The van der Waals surface area contributed by atoms with Gasteiger partial charge in [-0.3, -0.25) is 5.14 Å². The Morgan fingerprint density at radius 1 is 1.45 bits per heavy atom. The minimum Gasteiger partial charge on any atom is -0.258 e. The molecule has 0 fully saturated rings. The highest BCUT2D eigenvalue weighted by Crippen LogP contribution is 2.20. The molecule has 0 aromatic heterocycles. The van der Waals surface area contributed by atoms with Gasteiger partial charge in [-0.05, 0) is 6.42 Å². The van der Waals surface area contributed by atoms with Crippen molar-refractivity contribution in [3.8, 4) is 0 Å². The summed E-state index contributed by atoms with van der Waals surface area (Å²) in [6, 6.07) is 0. The van der Waals surface area contributed by atoms with Gasteiger partial charge in [-0.2, -0.15) is 0 Å². The first-order chi connectivity index (χ1) is 5.02. The largest absolute Gasteiger partial charge is 0.258 e. The first-order valence-electron chi connectivity index (χ1n) is 3.95. The van der Waals surface area contributed by atoms with Gasteiger partial charge in [0, 0.05) is 11.1 Å². The molecule has 0 aliphatic carbocycles. The molecule has 0 amide bonds. The first-order valence-corrected chi connectivity index (χ1v) is 4.79. The Morgan fingerprint density at radius 3 is 2.27 bits per heavy atom. The second-order valence-corrected chi connectivity index (χ2v) is 4.04. The molecule has 0 unspecified atom stereocenters. The van der Waals surface area contributed by atoms with Gasteiger partial charge in [-0.25, -0.2) is 4.40 Å². The van der Waals surface area contributed by atoms with Crippen LogP contribution in [0.3, 0.4) is 0 Å². The van der Waals surface area contributed by atoms with Gasteiger partial charge in [-0.15, -0.1) is 0 Å². The smallest absolute Gasteiger partial charge is 0.0555 e. The molecule has 0 rings (SSSR count). The molecule has 0 aromatic rings. The number of nitrogens with zero attached hydrogens (tertiary/aromatic N) is 1. The van der Waals surface area contributed by atoms with Crippen LogP contribution in [-0.4, -0.2) is 5.71 Å². The summed E-state index contributed by atoms with van der Waals surface area (Å²) >= 11 is 1.06. The normalized spacial score (nSPS) is 13.7. The second-order valence-electron chi connectivity index (χ2n) is 3.64. The molecule has 0 aromatic carbocycles. The molecule has 0 aliphatic rings. The fourth-order valence-corrected chi connectivity index (χ4v) is 1.35. The van der Waals surface area contributed by atoms with E-state index in [1.54, 1.807) is 0 Å². The molecule has 2 nitrogen and oxygen atoms in total. The van der Waals surface area contributed by atoms with E-state index in [-0.39, 0.29) is 5.41 Å². The molecule has 0 aliphatic heterocycles. The van der Waals surface area contributed by atoms with Gasteiger partial charge in [0.05, 0.1) is 12.1 Å². The van der Waals surface area contributed by atoms with E-state index >= 15 is 0 Å². The van der Waals surface area contributed by atoms with Gasteiger partial charge in [0.1, 0.15) is 0 Å². The molecule has 0 atom stereocenters. The van der Waals surface area contributed by atoms with Crippen LogP contribution in [0.4, 0.5) is 0 Å². The van der Waals surface area contributed by atoms with Crippen LogP contribution < -0.4 is 5.14 Å². The highest BCUT2D eigenvalue weighted by Gasteiger charge is 2.17. The lowest BCUT2D eigenvalue weighted by molar-refractivity contribution is 0.576. The Kier molecular flexibility index (Phi) is 4.77. The molecule has 0 saturated carbocycles. The van der Waals surface area contributed by atoms with Crippen LogP contribution in [0.15, 0.2) is 4.40 Å². The summed E-state index contributed by atoms with van der Waals surface area (Å²) in [5.74, 6) is 0. The number of hydrogen-bond donors (Lipinski definition) is 1. The van der Waals surface area contributed by atoms with Crippen LogP contribution in [0.5, 0.6) is 0 Å². The van der Waals surface area contributed by atoms with Crippen molar-refractivity contribution in [1.29, 1.82) is 0 Å². The quantitative estimate of drug-likeness (QED) is 0.528. The molecule has 0 bridgehead atoms. The minimum absolute atomic E-state index is 0.169. The first kappa shape index (κ1) is 11.0. The molecule has 66 valence electrons. The molecule has 3 heteroatoms. The molecule has 2 N–H and O–H groups in total. The Hall–Kier alpha value is -0.0200. The zero-order valence-electron chi connectivity index (χ0n) is 7.85. The fraction of sp³-hybridized carbons (Fsp3) is 0.875. The van der Waals surface area contributed by atoms with Gasteiger partial charge in [0.15, 0.2) is 0 Å². The maximum absolute atomic E-state index is 5.29. The predicted octanol–water partition coefficient (Wildman–Crippen LogP) is 2.80. The summed E-state index contributed by atoms with van der Waals surface area (Å²) in [5.41, 5.74) is 1.37. The zero-order chi connectivity index (χ0) is 8.91. The van der Waals surface area contributed by atoms with E-state index in [1.165, 1.54) is 5.71 Å². The van der Waals surface area contributed by atoms with E-state index in [2.05, 4.69) is 32.1 Å². The summed E-state index contributed by atoms with van der Waals surface area (Å²) in [6.07, 6.45) is 2.18. The van der Waals surface area contributed by atoms with Crippen LogP contribution in [0.1, 0.15) is 40.5 Å². The summed E-state index contributed by atoms with van der Waals surface area (Å²) in [5, 5.41) is 5.29. The molecule has 0 saturated heterocycles. The van der Waals surface area contributed by atoms with Gasteiger partial charge in [0.2, 0.25) is 0 Å². The molecule has 0 spiro atoms. The Balaban J connectivity index is 4.22. The minimum atomic E-state index is 0.169. The van der Waals surface area contributed by atoms with Crippen LogP contribution in [0.25, 0.3) is 0 Å². The van der Waals surface area contributed by atoms with Gasteiger partial charge in [0.25, 0.3) is 0 Å². The van der Waals surface area contributed by atoms with Crippen LogP contribution >= 0.6 is 12.1 Å². The van der Waals surface area contributed by atoms with Crippen LogP contribution in [-0.2, 0) is 0 Å². The SMILES string of the molecule is CCCC(=NSN)C(C)(C)C. The summed E-state index contributed by atoms with van der Waals surface area (Å²) < 4.78 is 4.20. The van der Waals surface area contributed by atoms with E-state index in [0.29, 0.717) is 0 Å². The van der Waals surface area contributed by atoms with Crippen molar-refractivity contribution in [2.24, 2.45) is 15.0 Å². The molecule has 11 heavy (non-hydrogen) atoms. The number of rotatable bonds is 3. The van der Waals surface area contributed by atoms with Crippen molar-refractivity contribution in [1.82, 2.24) is 0 Å². The lowest BCUT2D eigenvalue weighted by Crippen LogP contribution is -2.19. The lowest BCUT2D eigenvalue weighted by Gasteiger charge is -2.20. The van der Waals surface area contributed by atoms with Crippen LogP contribution in [0.2, 0.25) is 0 Å². The van der Waals surface area contributed by atoms with Crippen molar-refractivity contribution in [2.45, 2.75) is 40.5 Å². The Bertz CT molecular complexity index is 136. The van der Waals surface area contributed by atoms with Crippen molar-refractivity contribution in [3.63, 3.8) is 0 Å². The van der Waals surface area contributed by atoms with E-state index in [4.69, 9.17) is 5.14 Å². The molecular weight excluding hydrogens is 156 g/mol. The van der Waals surface area contributed by atoms with E-state index < -0.39 is 0 Å². The van der Waals surface area contributed by atoms with E-state index in [0.717, 1.165) is 25.0 Å². The summed E-state index contributed by atoms with van der Waals surface area (Å²) in [7, 11) is 0. The summed E-state index contributed by atoms with van der Waals surface area (Å²) in [6.45, 7) is 8.65. The van der Waals surface area contributed by atoms with Crippen molar-refractivity contribution >= 4 is 17.8 Å². The highest BCUT2D eigenvalue weighted by atomic mass is 32.2. The topological polar surface area (TPSA) is 38.4 Å². The van der Waals surface area contributed by atoms with Crippen molar-refractivity contribution in [3.05, 3.63) is 0 Å². The lowest BCUT2D eigenvalue weighted by atomic mass is 9.88. The molecule has 0 radical (unpaired) electrons. The second kappa shape index (κ2) is 4.78. The summed E-state index contributed by atoms with van der Waals surface area (Å²) in [4.78, 5) is 0. The maximum Gasteiger partial charge on any atom is 0.0555 e. The highest BCUT2D eigenvalue weighted by molar-refractivity contribution is 7.95. The van der Waals surface area contributed by atoms with Crippen molar-refractivity contribution in [2.75, 3.05) is 0 Å². The standard InChI is InChI=1S/C8H18N2S/c1-5-6-7(10-11-9)8(2,3)4/h5-6,9H2,1-4H3. The Morgan fingerprint density at radius 2 is 2.00 bits per heavy atom. The average molecular weight is 174 g/mol. The zero-order valence-corrected chi connectivity index (χ0v) is 8.66. The fourth-order valence-electron chi connectivity index (χ4n) is 0.858. The van der Waals surface area contributed by atoms with Crippen molar-refractivity contribution < 1.29 is 0 Å². The molecular formula is C8H18N2S. The van der Waals surface area contributed by atoms with Gasteiger partial charge >= 0.3 is 0 Å². The van der Waals surface area contributed by atoms with Crippen LogP contribution in [0, 0.1) is 5.41 Å². The Labute approximate surface area is 73.9 Å². The van der Waals surface area contributed by atoms with Gasteiger partial charge in [-0.1, -0.05) is 34.1 Å².